The van der Waals surface area contributed by atoms with E-state index in [1.54, 1.807) is 18.2 Å². The number of nitrogens with one attached hydrogen (secondary N) is 1. The molecule has 2 aromatic rings. The smallest absolute Gasteiger partial charge is 0.282 e. The van der Waals surface area contributed by atoms with Crippen LogP contribution in [0.4, 0.5) is 5.69 Å². The number of likely N-dealkylation sites (N-methyl/N-ethyl adjacent to an activating group) is 1. The summed E-state index contributed by atoms with van der Waals surface area (Å²) in [6.45, 7) is 5.77. The van der Waals surface area contributed by atoms with Crippen molar-refractivity contribution in [2.24, 2.45) is 0 Å². The number of rotatable bonds is 9. The first-order valence-electron chi connectivity index (χ1n) is 10.4. The van der Waals surface area contributed by atoms with Gasteiger partial charge >= 0.3 is 0 Å². The zero-order valence-corrected chi connectivity index (χ0v) is 19.7. The van der Waals surface area contributed by atoms with Crippen LogP contribution >= 0.6 is 12.4 Å². The second-order valence-electron chi connectivity index (χ2n) is 7.58. The fourth-order valence-electron chi connectivity index (χ4n) is 3.17. The molecule has 32 heavy (non-hydrogen) atoms. The third-order valence-electron chi connectivity index (χ3n) is 4.84. The van der Waals surface area contributed by atoms with Gasteiger partial charge in [0.1, 0.15) is 23.7 Å². The molecule has 1 aliphatic rings. The molecule has 3 rings (SSSR count). The number of hydrazine groups is 1. The van der Waals surface area contributed by atoms with Crippen molar-refractivity contribution in [2.75, 3.05) is 38.9 Å². The number of carbonyl (C=O) groups excluding carboxylic acids is 2. The normalized spacial score (nSPS) is 14.5. The predicted octanol–water partition coefficient (Wildman–Crippen LogP) is 3.61. The van der Waals surface area contributed by atoms with Crippen molar-refractivity contribution in [3.63, 3.8) is 0 Å². The molecule has 1 fully saturated rings. The van der Waals surface area contributed by atoms with Gasteiger partial charge in [-0.25, -0.2) is 5.01 Å². The van der Waals surface area contributed by atoms with Gasteiger partial charge in [0.2, 0.25) is 0 Å². The lowest BCUT2D eigenvalue weighted by atomic mass is 10.0. The Morgan fingerprint density at radius 3 is 2.41 bits per heavy atom. The van der Waals surface area contributed by atoms with Crippen LogP contribution in [0.5, 0.6) is 11.5 Å². The first-order valence-corrected chi connectivity index (χ1v) is 10.4. The molecule has 1 aliphatic heterocycles. The highest BCUT2D eigenvalue weighted by Gasteiger charge is 2.34. The van der Waals surface area contributed by atoms with Crippen molar-refractivity contribution in [1.29, 1.82) is 0 Å². The van der Waals surface area contributed by atoms with Gasteiger partial charge in [0.25, 0.3) is 11.8 Å². The van der Waals surface area contributed by atoms with E-state index in [0.717, 1.165) is 24.3 Å². The number of hydrogen-bond donors (Lipinski definition) is 1. The lowest BCUT2D eigenvalue weighted by Gasteiger charge is -2.18. The maximum absolute atomic E-state index is 12.9. The SMILES string of the molecule is CCCOc1ccc(/C=C2\C(=O)NN(c3ccccc3)C2=O)c(OCCN(C)C)c1C.Cl. The summed E-state index contributed by atoms with van der Waals surface area (Å²) in [6, 6.07) is 12.7. The minimum Gasteiger partial charge on any atom is -0.493 e. The highest BCUT2D eigenvalue weighted by atomic mass is 35.5. The van der Waals surface area contributed by atoms with Crippen LogP contribution in [0.15, 0.2) is 48.0 Å². The molecule has 0 unspecified atom stereocenters. The summed E-state index contributed by atoms with van der Waals surface area (Å²) >= 11 is 0. The number of ether oxygens (including phenoxy) is 2. The molecular weight excluding hydrogens is 430 g/mol. The van der Waals surface area contributed by atoms with Crippen LogP contribution in [0, 0.1) is 6.92 Å². The van der Waals surface area contributed by atoms with Crippen LogP contribution in [-0.4, -0.2) is 50.6 Å². The second kappa shape index (κ2) is 11.5. The molecular formula is C24H30ClN3O4. The van der Waals surface area contributed by atoms with E-state index < -0.39 is 11.8 Å². The van der Waals surface area contributed by atoms with Gasteiger partial charge in [-0.2, -0.15) is 0 Å². The van der Waals surface area contributed by atoms with E-state index in [-0.39, 0.29) is 18.0 Å². The van der Waals surface area contributed by atoms with E-state index >= 15 is 0 Å². The number of carbonyl (C=O) groups is 2. The Kier molecular flexibility index (Phi) is 9.11. The van der Waals surface area contributed by atoms with E-state index in [0.29, 0.717) is 30.2 Å². The predicted molar refractivity (Wildman–Crippen MR) is 128 cm³/mol. The van der Waals surface area contributed by atoms with E-state index in [2.05, 4.69) is 5.43 Å². The van der Waals surface area contributed by atoms with Gasteiger partial charge in [-0.15, -0.1) is 12.4 Å². The Morgan fingerprint density at radius 2 is 1.75 bits per heavy atom. The Hall–Kier alpha value is -3.03. The van der Waals surface area contributed by atoms with Gasteiger partial charge < -0.3 is 14.4 Å². The lowest BCUT2D eigenvalue weighted by molar-refractivity contribution is -0.117. The fraction of sp³-hybridized carbons (Fsp3) is 0.333. The second-order valence-corrected chi connectivity index (χ2v) is 7.58. The molecule has 8 heteroatoms. The number of benzene rings is 2. The van der Waals surface area contributed by atoms with Crippen molar-refractivity contribution in [3.8, 4) is 11.5 Å². The molecule has 0 spiro atoms. The summed E-state index contributed by atoms with van der Waals surface area (Å²) in [7, 11) is 3.94. The highest BCUT2D eigenvalue weighted by Crippen LogP contribution is 2.34. The number of anilines is 1. The summed E-state index contributed by atoms with van der Waals surface area (Å²) < 4.78 is 11.9. The van der Waals surface area contributed by atoms with Crippen molar-refractivity contribution in [3.05, 3.63) is 59.2 Å². The number of para-hydroxylation sites is 1. The molecule has 0 saturated carbocycles. The van der Waals surface area contributed by atoms with Crippen LogP contribution < -0.4 is 19.9 Å². The Bertz CT molecular complexity index is 977. The van der Waals surface area contributed by atoms with Crippen LogP contribution in [0.3, 0.4) is 0 Å². The Balaban J connectivity index is 0.00000363. The minimum atomic E-state index is -0.447. The van der Waals surface area contributed by atoms with E-state index in [1.165, 1.54) is 5.01 Å². The van der Waals surface area contributed by atoms with E-state index in [4.69, 9.17) is 9.47 Å². The average Bonchev–Trinajstić information content (AvgIpc) is 3.03. The molecule has 7 nitrogen and oxygen atoms in total. The summed E-state index contributed by atoms with van der Waals surface area (Å²) in [5, 5.41) is 1.26. The topological polar surface area (TPSA) is 71.1 Å². The highest BCUT2D eigenvalue weighted by molar-refractivity contribution is 6.31. The fourth-order valence-corrected chi connectivity index (χ4v) is 3.17. The van der Waals surface area contributed by atoms with E-state index in [1.807, 2.05) is 63.2 Å². The maximum Gasteiger partial charge on any atom is 0.282 e. The quantitative estimate of drug-likeness (QED) is 0.458. The molecule has 1 saturated heterocycles. The number of amides is 2. The van der Waals surface area contributed by atoms with Gasteiger partial charge in [0.15, 0.2) is 0 Å². The molecule has 1 heterocycles. The van der Waals surface area contributed by atoms with Crippen LogP contribution in [0.25, 0.3) is 6.08 Å². The Morgan fingerprint density at radius 1 is 1.03 bits per heavy atom. The zero-order chi connectivity index (χ0) is 22.4. The van der Waals surface area contributed by atoms with Gasteiger partial charge in [0.05, 0.1) is 12.3 Å². The summed E-state index contributed by atoms with van der Waals surface area (Å²) in [5.41, 5.74) is 4.79. The van der Waals surface area contributed by atoms with Gasteiger partial charge in [-0.1, -0.05) is 25.1 Å². The molecule has 2 aromatic carbocycles. The standard InChI is InChI=1S/C24H29N3O4.ClH/c1-5-14-30-21-12-11-18(22(17(21)2)31-15-13-26(3)4)16-20-23(28)25-27(24(20)29)19-9-7-6-8-10-19;/h6-12,16H,5,13-15H2,1-4H3,(H,25,28);1H/b20-16+;. The van der Waals surface area contributed by atoms with Crippen molar-refractivity contribution >= 4 is 36.0 Å². The minimum absolute atomic E-state index is 0. The zero-order valence-electron chi connectivity index (χ0n) is 18.9. The maximum atomic E-state index is 12.9. The largest absolute Gasteiger partial charge is 0.493 e. The summed E-state index contributed by atoms with van der Waals surface area (Å²) in [5.74, 6) is 0.496. The molecule has 0 aliphatic carbocycles. The molecule has 2 amide bonds. The third-order valence-corrected chi connectivity index (χ3v) is 4.84. The summed E-state index contributed by atoms with van der Waals surface area (Å²) in [4.78, 5) is 27.5. The van der Waals surface area contributed by atoms with Crippen LogP contribution in [0.1, 0.15) is 24.5 Å². The average molecular weight is 460 g/mol. The van der Waals surface area contributed by atoms with Crippen LogP contribution in [-0.2, 0) is 9.59 Å². The number of hydrogen-bond acceptors (Lipinski definition) is 5. The molecule has 0 aromatic heterocycles. The number of halogens is 1. The molecule has 0 atom stereocenters. The van der Waals surface area contributed by atoms with E-state index in [9.17, 15) is 9.59 Å². The van der Waals surface area contributed by atoms with Crippen LogP contribution in [0.2, 0.25) is 0 Å². The van der Waals surface area contributed by atoms with Crippen molar-refractivity contribution in [1.82, 2.24) is 10.3 Å². The van der Waals surface area contributed by atoms with Gasteiger partial charge in [-0.05, 0) is 57.8 Å². The third kappa shape index (κ3) is 5.81. The molecule has 0 radical (unpaired) electrons. The first kappa shape index (κ1) is 25.2. The van der Waals surface area contributed by atoms with Crippen molar-refractivity contribution < 1.29 is 19.1 Å². The van der Waals surface area contributed by atoms with Gasteiger partial charge in [0, 0.05) is 17.7 Å². The van der Waals surface area contributed by atoms with Crippen molar-refractivity contribution in [2.45, 2.75) is 20.3 Å². The number of nitrogens with zero attached hydrogens (tertiary/aromatic N) is 2. The monoisotopic (exact) mass is 459 g/mol. The summed E-state index contributed by atoms with van der Waals surface area (Å²) in [6.07, 6.45) is 2.48. The molecule has 172 valence electrons. The first-order chi connectivity index (χ1) is 14.9. The Labute approximate surface area is 195 Å². The van der Waals surface area contributed by atoms with Gasteiger partial charge in [-0.3, -0.25) is 15.0 Å². The molecule has 1 N–H and O–H groups in total. The molecule has 0 bridgehead atoms. The lowest BCUT2D eigenvalue weighted by Crippen LogP contribution is -2.35.